The van der Waals surface area contributed by atoms with Gasteiger partial charge < -0.3 is 16.0 Å². The molecule has 0 saturated carbocycles. The number of nitrogens with two attached hydrogens (primary N) is 1. The second-order valence-corrected chi connectivity index (χ2v) is 5.33. The van der Waals surface area contributed by atoms with Gasteiger partial charge in [-0.05, 0) is 38.0 Å². The third kappa shape index (κ3) is 5.29. The highest BCUT2D eigenvalue weighted by molar-refractivity contribution is 6.00. The topological polar surface area (TPSA) is 58.4 Å². The van der Waals surface area contributed by atoms with Crippen LogP contribution in [0.3, 0.4) is 0 Å². The summed E-state index contributed by atoms with van der Waals surface area (Å²) in [5.74, 6) is -0.0227. The Labute approximate surface area is 128 Å². The van der Waals surface area contributed by atoms with Gasteiger partial charge in [-0.1, -0.05) is 26.7 Å². The molecule has 0 spiro atoms. The minimum atomic E-state index is -0.0227. The van der Waals surface area contributed by atoms with Crippen molar-refractivity contribution in [3.8, 4) is 0 Å². The van der Waals surface area contributed by atoms with Crippen LogP contribution in [0.1, 0.15) is 56.8 Å². The van der Waals surface area contributed by atoms with Gasteiger partial charge in [-0.3, -0.25) is 4.79 Å². The van der Waals surface area contributed by atoms with Crippen molar-refractivity contribution in [2.24, 2.45) is 0 Å². The molecule has 3 N–H and O–H groups in total. The van der Waals surface area contributed by atoms with E-state index in [1.54, 1.807) is 6.07 Å². The van der Waals surface area contributed by atoms with E-state index < -0.39 is 0 Å². The Hall–Kier alpha value is -1.71. The summed E-state index contributed by atoms with van der Waals surface area (Å²) in [6.07, 6.45) is 4.52. The molecule has 1 rings (SSSR count). The lowest BCUT2D eigenvalue weighted by Gasteiger charge is -2.27. The lowest BCUT2D eigenvalue weighted by atomic mass is 10.1. The number of hydrogen-bond acceptors (Lipinski definition) is 3. The number of hydrogen-bond donors (Lipinski definition) is 2. The van der Waals surface area contributed by atoms with Crippen LogP contribution >= 0.6 is 0 Å². The Kier molecular flexibility index (Phi) is 7.65. The molecule has 1 amide bonds. The van der Waals surface area contributed by atoms with Crippen molar-refractivity contribution in [3.05, 3.63) is 23.8 Å². The number of unbranched alkanes of at least 4 members (excludes halogenated alkanes) is 2. The van der Waals surface area contributed by atoms with Crippen molar-refractivity contribution < 1.29 is 4.79 Å². The van der Waals surface area contributed by atoms with E-state index in [2.05, 4.69) is 24.1 Å². The zero-order valence-corrected chi connectivity index (χ0v) is 13.6. The molecule has 1 aromatic rings. The van der Waals surface area contributed by atoms with Crippen LogP contribution < -0.4 is 16.0 Å². The van der Waals surface area contributed by atoms with Crippen molar-refractivity contribution in [2.75, 3.05) is 30.3 Å². The second-order valence-electron chi connectivity index (χ2n) is 5.33. The first-order chi connectivity index (χ1) is 10.1. The minimum Gasteiger partial charge on any atom is -0.399 e. The molecule has 0 aromatic heterocycles. The average Bonchev–Trinajstić information content (AvgIpc) is 2.47. The summed E-state index contributed by atoms with van der Waals surface area (Å²) in [5, 5.41) is 2.88. The second kappa shape index (κ2) is 9.27. The third-order valence-corrected chi connectivity index (χ3v) is 3.51. The molecule has 118 valence electrons. The fourth-order valence-corrected chi connectivity index (χ4v) is 2.31. The molecule has 0 radical (unpaired) electrons. The number of nitrogens with one attached hydrogen (secondary N) is 1. The quantitative estimate of drug-likeness (QED) is 0.685. The van der Waals surface area contributed by atoms with Gasteiger partial charge in [0.15, 0.2) is 0 Å². The fraction of sp³-hybridized carbons (Fsp3) is 0.588. The van der Waals surface area contributed by atoms with Crippen LogP contribution in [0.2, 0.25) is 0 Å². The van der Waals surface area contributed by atoms with E-state index in [9.17, 15) is 4.79 Å². The van der Waals surface area contributed by atoms with Gasteiger partial charge in [0.1, 0.15) is 0 Å². The van der Waals surface area contributed by atoms with Crippen LogP contribution in [0.15, 0.2) is 18.2 Å². The highest BCUT2D eigenvalue weighted by Crippen LogP contribution is 2.25. The monoisotopic (exact) mass is 291 g/mol. The summed E-state index contributed by atoms with van der Waals surface area (Å²) in [6.45, 7) is 8.86. The number of carbonyl (C=O) groups is 1. The molecule has 0 aliphatic carbocycles. The Morgan fingerprint density at radius 3 is 2.29 bits per heavy atom. The molecular formula is C17H29N3O. The van der Waals surface area contributed by atoms with Gasteiger partial charge in [0.2, 0.25) is 0 Å². The molecule has 0 heterocycles. The minimum absolute atomic E-state index is 0.0227. The average molecular weight is 291 g/mol. The molecule has 0 aliphatic heterocycles. The van der Waals surface area contributed by atoms with Crippen LogP contribution in [-0.4, -0.2) is 25.5 Å². The van der Waals surface area contributed by atoms with E-state index in [0.29, 0.717) is 12.2 Å². The van der Waals surface area contributed by atoms with Crippen LogP contribution in [-0.2, 0) is 0 Å². The largest absolute Gasteiger partial charge is 0.399 e. The number of anilines is 2. The van der Waals surface area contributed by atoms with Gasteiger partial charge in [0.05, 0.1) is 11.3 Å². The van der Waals surface area contributed by atoms with Gasteiger partial charge in [0, 0.05) is 25.3 Å². The summed E-state index contributed by atoms with van der Waals surface area (Å²) in [6, 6.07) is 5.56. The maximum absolute atomic E-state index is 12.3. The molecule has 4 nitrogen and oxygen atoms in total. The fourth-order valence-electron chi connectivity index (χ4n) is 2.31. The number of amides is 1. The van der Waals surface area contributed by atoms with Crippen molar-refractivity contribution in [1.29, 1.82) is 0 Å². The number of benzene rings is 1. The Bertz CT molecular complexity index is 438. The molecule has 4 heteroatoms. The normalized spacial score (nSPS) is 10.4. The first-order valence-electron chi connectivity index (χ1n) is 8.06. The van der Waals surface area contributed by atoms with Gasteiger partial charge in [-0.2, -0.15) is 0 Å². The van der Waals surface area contributed by atoms with Crippen LogP contribution in [0.25, 0.3) is 0 Å². The highest BCUT2D eigenvalue weighted by atomic mass is 16.1. The summed E-state index contributed by atoms with van der Waals surface area (Å²) in [4.78, 5) is 14.5. The van der Waals surface area contributed by atoms with E-state index >= 15 is 0 Å². The van der Waals surface area contributed by atoms with Gasteiger partial charge in [0.25, 0.3) is 5.91 Å². The summed E-state index contributed by atoms with van der Waals surface area (Å²) in [7, 11) is 0. The molecule has 0 saturated heterocycles. The van der Waals surface area contributed by atoms with Crippen LogP contribution in [0.4, 0.5) is 11.4 Å². The van der Waals surface area contributed by atoms with Crippen molar-refractivity contribution in [2.45, 2.75) is 46.5 Å². The van der Waals surface area contributed by atoms with E-state index in [0.717, 1.165) is 50.0 Å². The van der Waals surface area contributed by atoms with Gasteiger partial charge in [-0.25, -0.2) is 0 Å². The lowest BCUT2D eigenvalue weighted by molar-refractivity contribution is 0.0956. The predicted molar refractivity (Wildman–Crippen MR) is 90.9 cm³/mol. The van der Waals surface area contributed by atoms with Crippen LogP contribution in [0.5, 0.6) is 0 Å². The van der Waals surface area contributed by atoms with E-state index in [1.165, 1.54) is 0 Å². The smallest absolute Gasteiger partial charge is 0.253 e. The molecule has 21 heavy (non-hydrogen) atoms. The Morgan fingerprint density at radius 2 is 1.76 bits per heavy atom. The van der Waals surface area contributed by atoms with Crippen molar-refractivity contribution in [3.63, 3.8) is 0 Å². The number of carbonyl (C=O) groups excluding carboxylic acids is 1. The van der Waals surface area contributed by atoms with E-state index in [1.807, 2.05) is 19.1 Å². The number of nitrogens with zero attached hydrogens (tertiary/aromatic N) is 1. The molecule has 1 aromatic carbocycles. The summed E-state index contributed by atoms with van der Waals surface area (Å²) >= 11 is 0. The maximum Gasteiger partial charge on any atom is 0.253 e. The third-order valence-electron chi connectivity index (χ3n) is 3.51. The Morgan fingerprint density at radius 1 is 1.14 bits per heavy atom. The zero-order chi connectivity index (χ0) is 15.7. The van der Waals surface area contributed by atoms with Crippen LogP contribution in [0, 0.1) is 0 Å². The number of rotatable bonds is 9. The number of nitrogen functional groups attached to an aromatic ring is 1. The molecule has 0 unspecified atom stereocenters. The van der Waals surface area contributed by atoms with Crippen molar-refractivity contribution in [1.82, 2.24) is 5.32 Å². The summed E-state index contributed by atoms with van der Waals surface area (Å²) in [5.41, 5.74) is 8.32. The first-order valence-corrected chi connectivity index (χ1v) is 8.06. The van der Waals surface area contributed by atoms with Gasteiger partial charge >= 0.3 is 0 Å². The molecule has 0 fully saturated rings. The standard InChI is InChI=1S/C17H29N3O/c1-4-7-11-20(12-8-5-2)16-13-14(18)9-10-15(16)17(21)19-6-3/h9-10,13H,4-8,11-12,18H2,1-3H3,(H,19,21). The SMILES string of the molecule is CCCCN(CCCC)c1cc(N)ccc1C(=O)NCC. The summed E-state index contributed by atoms with van der Waals surface area (Å²) < 4.78 is 0. The maximum atomic E-state index is 12.3. The van der Waals surface area contributed by atoms with E-state index in [-0.39, 0.29) is 5.91 Å². The molecule has 0 atom stereocenters. The van der Waals surface area contributed by atoms with Gasteiger partial charge in [-0.15, -0.1) is 0 Å². The zero-order valence-electron chi connectivity index (χ0n) is 13.6. The molecular weight excluding hydrogens is 262 g/mol. The van der Waals surface area contributed by atoms with E-state index in [4.69, 9.17) is 5.73 Å². The Balaban J connectivity index is 3.07. The first kappa shape index (κ1) is 17.3. The predicted octanol–water partition coefficient (Wildman–Crippen LogP) is 3.43. The molecule has 0 bridgehead atoms. The molecule has 0 aliphatic rings. The highest BCUT2D eigenvalue weighted by Gasteiger charge is 2.16. The lowest BCUT2D eigenvalue weighted by Crippen LogP contribution is -2.30. The van der Waals surface area contributed by atoms with Crippen molar-refractivity contribution >= 4 is 17.3 Å².